The van der Waals surface area contributed by atoms with Crippen molar-refractivity contribution in [3.63, 3.8) is 0 Å². The van der Waals surface area contributed by atoms with Crippen LogP contribution in [0.4, 0.5) is 17.6 Å². The zero-order valence-electron chi connectivity index (χ0n) is 17.9. The van der Waals surface area contributed by atoms with E-state index in [9.17, 15) is 30.8 Å². The second-order valence-electron chi connectivity index (χ2n) is 7.30. The molecule has 0 spiro atoms. The molecular weight excluding hydrogens is 500 g/mol. The summed E-state index contributed by atoms with van der Waals surface area (Å²) >= 11 is 5.65. The second-order valence-corrected chi connectivity index (χ2v) is 9.67. The van der Waals surface area contributed by atoms with Crippen LogP contribution in [0.1, 0.15) is 34.5 Å². The molecule has 1 atom stereocenters. The number of aryl methyl sites for hydroxylation is 1. The molecule has 34 heavy (non-hydrogen) atoms. The zero-order chi connectivity index (χ0) is 25.4. The van der Waals surface area contributed by atoms with Crippen molar-refractivity contribution < 1.29 is 35.5 Å². The molecule has 0 aliphatic heterocycles. The van der Waals surface area contributed by atoms with Gasteiger partial charge < -0.3 is 4.74 Å². The molecule has 0 aliphatic rings. The van der Waals surface area contributed by atoms with Crippen LogP contribution in [-0.4, -0.2) is 29.4 Å². The van der Waals surface area contributed by atoms with Gasteiger partial charge in [0.25, 0.3) is 5.91 Å². The van der Waals surface area contributed by atoms with Gasteiger partial charge >= 0.3 is 0 Å². The Morgan fingerprint density at radius 1 is 1.06 bits per heavy atom. The number of rotatable bonds is 6. The van der Waals surface area contributed by atoms with Crippen molar-refractivity contribution in [2.45, 2.75) is 20.0 Å². The summed E-state index contributed by atoms with van der Waals surface area (Å²) in [6.07, 6.45) is 0.785. The maximum atomic E-state index is 14.8. The van der Waals surface area contributed by atoms with E-state index in [0.29, 0.717) is 24.0 Å². The number of hydrogen-bond acceptors (Lipinski definition) is 5. The maximum absolute atomic E-state index is 14.8. The molecule has 1 aromatic heterocycles. The molecule has 1 amide bonds. The number of hydrogen-bond donors (Lipinski definition) is 0. The minimum Gasteiger partial charge on any atom is -0.469 e. The molecule has 0 radical (unpaired) electrons. The van der Waals surface area contributed by atoms with E-state index in [1.165, 1.54) is 38.2 Å². The van der Waals surface area contributed by atoms with Crippen molar-refractivity contribution in [1.29, 1.82) is 0 Å². The van der Waals surface area contributed by atoms with Crippen LogP contribution >= 0.6 is 11.8 Å². The first-order chi connectivity index (χ1) is 15.8. The number of pyridine rings is 1. The van der Waals surface area contributed by atoms with Crippen LogP contribution in [-0.2, 0) is 10.0 Å². The molecule has 3 aromatic rings. The standard InChI is InChI=1S/C22H17ClF4N2O4S/c1-11-6-7-15(24)20(22(30)29(23)34(3,31)32)19(11)13-5-4-8-28-21(13)33-12(2)14-9-17(26)18(27)10-16(14)25/h4-10,12H,1-3H3/t12-/m0/s1. The molecule has 6 nitrogen and oxygen atoms in total. The number of ether oxygens (including phenoxy) is 1. The summed E-state index contributed by atoms with van der Waals surface area (Å²) in [7, 11) is -4.23. The Morgan fingerprint density at radius 3 is 2.35 bits per heavy atom. The van der Waals surface area contributed by atoms with Crippen LogP contribution in [0, 0.1) is 30.2 Å². The highest BCUT2D eigenvalue weighted by Crippen LogP contribution is 2.37. The molecule has 3 rings (SSSR count). The van der Waals surface area contributed by atoms with Gasteiger partial charge in [-0.25, -0.2) is 31.0 Å². The maximum Gasteiger partial charge on any atom is 0.286 e. The Hall–Kier alpha value is -3.18. The van der Waals surface area contributed by atoms with E-state index in [2.05, 4.69) is 4.98 Å². The smallest absolute Gasteiger partial charge is 0.286 e. The Bertz CT molecular complexity index is 1390. The monoisotopic (exact) mass is 516 g/mol. The number of halogens is 5. The van der Waals surface area contributed by atoms with Crippen LogP contribution < -0.4 is 4.74 Å². The normalized spacial score (nSPS) is 12.4. The fraction of sp³-hybridized carbons (Fsp3) is 0.182. The van der Waals surface area contributed by atoms with Crippen LogP contribution in [0.25, 0.3) is 11.1 Å². The van der Waals surface area contributed by atoms with E-state index in [-0.39, 0.29) is 26.4 Å². The van der Waals surface area contributed by atoms with Gasteiger partial charge in [0.05, 0.1) is 11.8 Å². The lowest BCUT2D eigenvalue weighted by atomic mass is 9.94. The summed E-state index contributed by atoms with van der Waals surface area (Å²) in [5.41, 5.74) is -0.652. The average molecular weight is 517 g/mol. The molecule has 0 aliphatic carbocycles. The Balaban J connectivity index is 2.15. The molecule has 0 bridgehead atoms. The zero-order valence-corrected chi connectivity index (χ0v) is 19.5. The summed E-state index contributed by atoms with van der Waals surface area (Å²) in [6.45, 7) is 2.88. The fourth-order valence-electron chi connectivity index (χ4n) is 3.23. The number of amides is 1. The van der Waals surface area contributed by atoms with Gasteiger partial charge in [-0.05, 0) is 43.7 Å². The molecule has 1 heterocycles. The van der Waals surface area contributed by atoms with Crippen LogP contribution in [0.2, 0.25) is 0 Å². The first-order valence-electron chi connectivity index (χ1n) is 9.59. The molecule has 0 saturated carbocycles. The molecule has 180 valence electrons. The number of carbonyl (C=O) groups excluding carboxylic acids is 1. The average Bonchev–Trinajstić information content (AvgIpc) is 2.76. The molecule has 0 unspecified atom stereocenters. The summed E-state index contributed by atoms with van der Waals surface area (Å²) in [5, 5.41) is 0. The third-order valence-corrected chi connectivity index (χ3v) is 6.49. The van der Waals surface area contributed by atoms with Gasteiger partial charge in [-0.1, -0.05) is 6.07 Å². The van der Waals surface area contributed by atoms with E-state index in [0.717, 1.165) is 6.07 Å². The Labute approximate surface area is 197 Å². The van der Waals surface area contributed by atoms with Gasteiger partial charge in [0, 0.05) is 40.7 Å². The Morgan fingerprint density at radius 2 is 1.71 bits per heavy atom. The fourth-order valence-corrected chi connectivity index (χ4v) is 3.71. The largest absolute Gasteiger partial charge is 0.469 e. The molecule has 2 aromatic carbocycles. The molecule has 0 N–H and O–H groups in total. The Kier molecular flexibility index (Phi) is 7.18. The van der Waals surface area contributed by atoms with Crippen LogP contribution in [0.3, 0.4) is 0 Å². The van der Waals surface area contributed by atoms with E-state index in [1.54, 1.807) is 0 Å². The van der Waals surface area contributed by atoms with Crippen molar-refractivity contribution in [1.82, 2.24) is 8.81 Å². The lowest BCUT2D eigenvalue weighted by molar-refractivity contribution is 0.0920. The third kappa shape index (κ3) is 5.00. The highest BCUT2D eigenvalue weighted by molar-refractivity contribution is 7.89. The highest BCUT2D eigenvalue weighted by Gasteiger charge is 2.30. The van der Waals surface area contributed by atoms with Crippen LogP contribution in [0.15, 0.2) is 42.6 Å². The highest BCUT2D eigenvalue weighted by atomic mass is 35.5. The minimum absolute atomic E-state index is 0.0521. The number of carbonyl (C=O) groups is 1. The van der Waals surface area contributed by atoms with Gasteiger partial charge in [0.2, 0.25) is 15.9 Å². The summed E-state index contributed by atoms with van der Waals surface area (Å²) in [6, 6.07) is 6.17. The van der Waals surface area contributed by atoms with Crippen molar-refractivity contribution in [2.24, 2.45) is 0 Å². The summed E-state index contributed by atoms with van der Waals surface area (Å²) in [4.78, 5) is 16.9. The lowest BCUT2D eigenvalue weighted by Crippen LogP contribution is -2.29. The van der Waals surface area contributed by atoms with E-state index in [4.69, 9.17) is 16.5 Å². The lowest BCUT2D eigenvalue weighted by Gasteiger charge is -2.20. The van der Waals surface area contributed by atoms with Gasteiger partial charge in [0.1, 0.15) is 17.7 Å². The summed E-state index contributed by atoms with van der Waals surface area (Å²) < 4.78 is 85.1. The first kappa shape index (κ1) is 25.4. The van der Waals surface area contributed by atoms with Gasteiger partial charge in [-0.3, -0.25) is 4.79 Å². The van der Waals surface area contributed by atoms with E-state index >= 15 is 0 Å². The van der Waals surface area contributed by atoms with Gasteiger partial charge in [-0.15, -0.1) is 3.82 Å². The minimum atomic E-state index is -4.23. The van der Waals surface area contributed by atoms with Gasteiger partial charge in [0.15, 0.2) is 11.6 Å². The van der Waals surface area contributed by atoms with Gasteiger partial charge in [-0.2, -0.15) is 0 Å². The topological polar surface area (TPSA) is 76.6 Å². The summed E-state index contributed by atoms with van der Waals surface area (Å²) in [5.74, 6) is -6.34. The van der Waals surface area contributed by atoms with E-state index in [1.807, 2.05) is 0 Å². The van der Waals surface area contributed by atoms with Crippen molar-refractivity contribution in [3.8, 4) is 17.0 Å². The predicted octanol–water partition coefficient (Wildman–Crippen LogP) is 5.31. The molecule has 0 fully saturated rings. The SMILES string of the molecule is Cc1ccc(F)c(C(=O)N(Cl)S(C)(=O)=O)c1-c1cccnc1O[C@@H](C)c1cc(F)c(F)cc1F. The quantitative estimate of drug-likeness (QED) is 0.252. The predicted molar refractivity (Wildman–Crippen MR) is 117 cm³/mol. The van der Waals surface area contributed by atoms with Crippen molar-refractivity contribution in [2.75, 3.05) is 6.26 Å². The van der Waals surface area contributed by atoms with Crippen LogP contribution in [0.5, 0.6) is 5.88 Å². The number of benzene rings is 2. The molecule has 0 saturated heterocycles. The first-order valence-corrected chi connectivity index (χ1v) is 11.8. The number of sulfonamides is 1. The van der Waals surface area contributed by atoms with Crippen molar-refractivity contribution in [3.05, 3.63) is 82.6 Å². The number of aromatic nitrogens is 1. The molecular formula is C22H17ClF4N2O4S. The van der Waals surface area contributed by atoms with E-state index < -0.39 is 50.9 Å². The molecule has 12 heteroatoms. The van der Waals surface area contributed by atoms with Crippen molar-refractivity contribution >= 4 is 27.7 Å². The number of nitrogens with zero attached hydrogens (tertiary/aromatic N) is 2. The third-order valence-electron chi connectivity index (χ3n) is 4.83. The second kappa shape index (κ2) is 9.59.